The Labute approximate surface area is 271 Å². The van der Waals surface area contributed by atoms with Crippen molar-refractivity contribution in [3.63, 3.8) is 0 Å². The molecule has 0 radical (unpaired) electrons. The highest BCUT2D eigenvalue weighted by Gasteiger charge is 2.60. The number of ether oxygens (including phenoxy) is 1. The molecule has 0 aliphatic carbocycles. The normalized spacial score (nSPS) is 19.0. The van der Waals surface area contributed by atoms with Crippen LogP contribution in [-0.4, -0.2) is 54.7 Å². The van der Waals surface area contributed by atoms with E-state index < -0.39 is 49.9 Å². The summed E-state index contributed by atoms with van der Waals surface area (Å²) in [6, 6.07) is 1.14. The van der Waals surface area contributed by atoms with Gasteiger partial charge in [-0.15, -0.1) is 0 Å². The third-order valence-electron chi connectivity index (χ3n) is 10.2. The van der Waals surface area contributed by atoms with Crippen LogP contribution in [0.15, 0.2) is 17.1 Å². The van der Waals surface area contributed by atoms with Gasteiger partial charge in [-0.3, -0.25) is 9.36 Å². The number of hydrogen-bond donors (Lipinski definition) is 2. The van der Waals surface area contributed by atoms with Crippen LogP contribution in [-0.2, 0) is 14.0 Å². The fourth-order valence-corrected chi connectivity index (χ4v) is 7.11. The van der Waals surface area contributed by atoms with Crippen molar-refractivity contribution in [2.75, 3.05) is 25.6 Å². The molecule has 8 nitrogen and oxygen atoms in total. The zero-order chi connectivity index (χ0) is 33.7. The van der Waals surface area contributed by atoms with Crippen LogP contribution in [0.2, 0.25) is 18.1 Å². The lowest BCUT2D eigenvalue weighted by molar-refractivity contribution is -0.168. The molecule has 1 unspecified atom stereocenters. The molecule has 0 amide bonds. The molecule has 11 heteroatoms. The molecule has 45 heavy (non-hydrogen) atoms. The van der Waals surface area contributed by atoms with E-state index in [1.54, 1.807) is 12.3 Å². The first-order valence-electron chi connectivity index (χ1n) is 17.2. The molecular weight excluding hydrogens is 596 g/mol. The predicted octanol–water partition coefficient (Wildman–Crippen LogP) is 8.61. The van der Waals surface area contributed by atoms with Crippen LogP contribution < -0.4 is 11.4 Å². The molecule has 1 aliphatic rings. The van der Waals surface area contributed by atoms with Gasteiger partial charge in [0.1, 0.15) is 17.8 Å². The SMILES string of the molecule is CCCCCCCCCCCCCC[C@H](CC[C@@](CO[Si](C)(C)C(C)(C)C)(C(=O)O)C1COCC1(F)F)n1ccc(N)nc1=O. The average molecular weight is 658 g/mol. The molecule has 1 aromatic rings. The van der Waals surface area contributed by atoms with Gasteiger partial charge in [-0.05, 0) is 43.5 Å². The van der Waals surface area contributed by atoms with E-state index in [0.29, 0.717) is 6.42 Å². The number of anilines is 1. The van der Waals surface area contributed by atoms with Crippen molar-refractivity contribution >= 4 is 20.1 Å². The van der Waals surface area contributed by atoms with Crippen LogP contribution in [0.1, 0.15) is 130 Å². The first kappa shape index (κ1) is 39.3. The van der Waals surface area contributed by atoms with Gasteiger partial charge in [0.15, 0.2) is 8.32 Å². The smallest absolute Gasteiger partial charge is 0.349 e. The third kappa shape index (κ3) is 11.7. The fourth-order valence-electron chi connectivity index (χ4n) is 6.06. The lowest BCUT2D eigenvalue weighted by Crippen LogP contribution is -2.53. The molecule has 1 saturated heterocycles. The number of aromatic nitrogens is 2. The third-order valence-corrected chi connectivity index (χ3v) is 14.7. The molecule has 1 fully saturated rings. The van der Waals surface area contributed by atoms with E-state index in [1.165, 1.54) is 55.9 Å². The number of hydrogen-bond acceptors (Lipinski definition) is 6. The standard InChI is InChI=1S/C34H61F2N3O5Si/c1-7-8-9-10-11-12-13-14-15-16-17-18-19-27(39-23-21-29(37)38-31(39)42)20-22-33(30(40)41,28-24-43-26-34(28,35)36)25-44-45(5,6)32(2,3)4/h21,23,27-28H,7-20,22,24-26H2,1-6H3,(H,40,41)(H2,37,38,42)/t27-,28?,33+/m1/s1. The highest BCUT2D eigenvalue weighted by atomic mass is 28.4. The van der Waals surface area contributed by atoms with E-state index in [1.807, 2.05) is 33.9 Å². The molecule has 2 rings (SSSR count). The van der Waals surface area contributed by atoms with Crippen molar-refractivity contribution in [1.82, 2.24) is 9.55 Å². The van der Waals surface area contributed by atoms with Crippen LogP contribution in [0.25, 0.3) is 0 Å². The molecular formula is C34H61F2N3O5Si. The summed E-state index contributed by atoms with van der Waals surface area (Å²) in [5, 5.41) is 10.4. The zero-order valence-electron chi connectivity index (χ0n) is 28.8. The second kappa shape index (κ2) is 17.9. The Morgan fingerprint density at radius 2 is 1.64 bits per heavy atom. The van der Waals surface area contributed by atoms with E-state index >= 15 is 8.78 Å². The van der Waals surface area contributed by atoms with Crippen molar-refractivity contribution in [3.05, 3.63) is 22.7 Å². The Kier molecular flexibility index (Phi) is 15.6. The lowest BCUT2D eigenvalue weighted by Gasteiger charge is -2.43. The fraction of sp³-hybridized carbons (Fsp3) is 0.853. The van der Waals surface area contributed by atoms with E-state index in [0.717, 1.165) is 25.7 Å². The molecule has 0 bridgehead atoms. The van der Waals surface area contributed by atoms with Gasteiger partial charge in [0.25, 0.3) is 5.92 Å². The molecule has 1 aliphatic heterocycles. The van der Waals surface area contributed by atoms with Gasteiger partial charge in [-0.25, -0.2) is 13.6 Å². The number of unbranched alkanes of at least 4 members (excludes halogenated alkanes) is 11. The highest BCUT2D eigenvalue weighted by Crippen LogP contribution is 2.49. The molecule has 0 aromatic carbocycles. The number of carboxylic acids is 1. The van der Waals surface area contributed by atoms with Crippen LogP contribution in [0.4, 0.5) is 14.6 Å². The predicted molar refractivity (Wildman–Crippen MR) is 179 cm³/mol. The first-order chi connectivity index (χ1) is 21.1. The largest absolute Gasteiger partial charge is 0.481 e. The molecule has 3 N–H and O–H groups in total. The maximum absolute atomic E-state index is 15.2. The average Bonchev–Trinajstić information content (AvgIpc) is 3.31. The molecule has 0 saturated carbocycles. The maximum atomic E-state index is 15.2. The first-order valence-corrected chi connectivity index (χ1v) is 20.2. The second-order valence-corrected chi connectivity index (χ2v) is 19.6. The van der Waals surface area contributed by atoms with E-state index in [9.17, 15) is 14.7 Å². The molecule has 1 aromatic heterocycles. The number of nitrogen functional groups attached to an aromatic ring is 1. The van der Waals surface area contributed by atoms with Crippen molar-refractivity contribution in [2.24, 2.45) is 11.3 Å². The minimum absolute atomic E-state index is 0.0830. The van der Waals surface area contributed by atoms with Crippen LogP contribution in [0.3, 0.4) is 0 Å². The van der Waals surface area contributed by atoms with Crippen molar-refractivity contribution < 1.29 is 27.8 Å². The summed E-state index contributed by atoms with van der Waals surface area (Å²) >= 11 is 0. The summed E-state index contributed by atoms with van der Waals surface area (Å²) in [6.07, 6.45) is 16.7. The topological polar surface area (TPSA) is 117 Å². The summed E-state index contributed by atoms with van der Waals surface area (Å²) in [5.41, 5.74) is 3.35. The van der Waals surface area contributed by atoms with Gasteiger partial charge < -0.3 is 20.0 Å². The zero-order valence-corrected chi connectivity index (χ0v) is 29.8. The second-order valence-electron chi connectivity index (χ2n) is 14.8. The summed E-state index contributed by atoms with van der Waals surface area (Å²) in [6.45, 7) is 10.8. The lowest BCUT2D eigenvalue weighted by atomic mass is 9.70. The minimum Gasteiger partial charge on any atom is -0.481 e. The van der Waals surface area contributed by atoms with Crippen LogP contribution >= 0.6 is 0 Å². The quantitative estimate of drug-likeness (QED) is 0.0947. The Morgan fingerprint density at radius 3 is 2.11 bits per heavy atom. The summed E-state index contributed by atoms with van der Waals surface area (Å²) in [5.74, 6) is -6.06. The Balaban J connectivity index is 2.15. The van der Waals surface area contributed by atoms with Crippen LogP contribution in [0.5, 0.6) is 0 Å². The van der Waals surface area contributed by atoms with Gasteiger partial charge in [0.2, 0.25) is 0 Å². The Bertz CT molecular complexity index is 1090. The van der Waals surface area contributed by atoms with Gasteiger partial charge in [-0.1, -0.05) is 105 Å². The summed E-state index contributed by atoms with van der Waals surface area (Å²) < 4.78 is 43.5. The van der Waals surface area contributed by atoms with E-state index in [2.05, 4.69) is 11.9 Å². The van der Waals surface area contributed by atoms with E-state index in [4.69, 9.17) is 14.9 Å². The number of alkyl halides is 2. The minimum atomic E-state index is -3.31. The van der Waals surface area contributed by atoms with Crippen LogP contribution in [0, 0.1) is 11.3 Å². The van der Waals surface area contributed by atoms with Gasteiger partial charge in [0, 0.05) is 12.2 Å². The van der Waals surface area contributed by atoms with Crippen molar-refractivity contribution in [2.45, 2.75) is 154 Å². The number of carboxylic acid groups (broad SMARTS) is 1. The molecule has 2 heterocycles. The van der Waals surface area contributed by atoms with Gasteiger partial charge >= 0.3 is 11.7 Å². The molecule has 260 valence electrons. The summed E-state index contributed by atoms with van der Waals surface area (Å²) in [7, 11) is -2.47. The number of carbonyl (C=O) groups is 1. The Hall–Kier alpha value is -1.85. The molecule has 3 atom stereocenters. The van der Waals surface area contributed by atoms with Crippen molar-refractivity contribution in [1.29, 1.82) is 0 Å². The number of nitrogens with zero attached hydrogens (tertiary/aromatic N) is 2. The highest BCUT2D eigenvalue weighted by molar-refractivity contribution is 6.74. The molecule has 0 spiro atoms. The number of halogens is 2. The number of aliphatic carboxylic acids is 1. The van der Waals surface area contributed by atoms with Crippen molar-refractivity contribution in [3.8, 4) is 0 Å². The number of nitrogens with two attached hydrogens (primary N) is 1. The van der Waals surface area contributed by atoms with Gasteiger partial charge in [-0.2, -0.15) is 4.98 Å². The number of rotatable bonds is 22. The summed E-state index contributed by atoms with van der Waals surface area (Å²) in [4.78, 5) is 29.8. The monoisotopic (exact) mass is 657 g/mol. The van der Waals surface area contributed by atoms with Gasteiger partial charge in [0.05, 0.1) is 19.1 Å². The maximum Gasteiger partial charge on any atom is 0.349 e. The Morgan fingerprint density at radius 1 is 1.09 bits per heavy atom. The van der Waals surface area contributed by atoms with E-state index in [-0.39, 0.29) is 36.9 Å².